The van der Waals surface area contributed by atoms with Crippen molar-refractivity contribution < 1.29 is 13.7 Å². The third kappa shape index (κ3) is 3.23. The van der Waals surface area contributed by atoms with Crippen LogP contribution in [-0.4, -0.2) is 17.1 Å². The topological polar surface area (TPSA) is 81.1 Å². The Balaban J connectivity index is 0.00000182. The maximum Gasteiger partial charge on any atom is 0.226 e. The Hall–Kier alpha value is -2.44. The zero-order valence-electron chi connectivity index (χ0n) is 13.2. The number of carbonyl (C=O) groups is 1. The van der Waals surface area contributed by atoms with Gasteiger partial charge in [-0.3, -0.25) is 4.79 Å². The number of fused-ring (bicyclic) bond motifs is 2. The highest BCUT2D eigenvalue weighted by atomic mass is 35.5. The number of halogens is 2. The Morgan fingerprint density at radius 2 is 2.12 bits per heavy atom. The van der Waals surface area contributed by atoms with Crippen molar-refractivity contribution in [1.29, 1.82) is 0 Å². The van der Waals surface area contributed by atoms with Gasteiger partial charge in [0.05, 0.1) is 18.5 Å². The zero-order chi connectivity index (χ0) is 16.7. The summed E-state index contributed by atoms with van der Waals surface area (Å²) < 4.78 is 18.5. The molecule has 0 spiro atoms. The summed E-state index contributed by atoms with van der Waals surface area (Å²) in [6.07, 6.45) is 0.729. The molecule has 4 rings (SSSR count). The van der Waals surface area contributed by atoms with Crippen molar-refractivity contribution in [3.8, 4) is 0 Å². The van der Waals surface area contributed by atoms with E-state index in [0.29, 0.717) is 23.1 Å². The lowest BCUT2D eigenvalue weighted by molar-refractivity contribution is -0.121. The van der Waals surface area contributed by atoms with Crippen LogP contribution in [0.1, 0.15) is 22.9 Å². The number of amides is 1. The summed E-state index contributed by atoms with van der Waals surface area (Å²) in [7, 11) is 0. The molecule has 0 radical (unpaired) electrons. The second-order valence-electron chi connectivity index (χ2n) is 6.05. The summed E-state index contributed by atoms with van der Waals surface area (Å²) in [6, 6.07) is 11.7. The van der Waals surface area contributed by atoms with Crippen molar-refractivity contribution in [2.45, 2.75) is 24.9 Å². The van der Waals surface area contributed by atoms with Gasteiger partial charge in [-0.05, 0) is 35.7 Å². The first kappa shape index (κ1) is 17.4. The minimum atomic E-state index is -0.388. The zero-order valence-corrected chi connectivity index (χ0v) is 14.1. The van der Waals surface area contributed by atoms with E-state index >= 15 is 0 Å². The summed E-state index contributed by atoms with van der Waals surface area (Å²) in [5.74, 6) is -0.594. The fraction of sp³-hybridized carbons (Fsp3) is 0.222. The van der Waals surface area contributed by atoms with Crippen LogP contribution in [0.15, 0.2) is 47.0 Å². The van der Waals surface area contributed by atoms with Gasteiger partial charge in [0.15, 0.2) is 5.58 Å². The first-order chi connectivity index (χ1) is 11.6. The van der Waals surface area contributed by atoms with Gasteiger partial charge in [0.2, 0.25) is 5.91 Å². The van der Waals surface area contributed by atoms with E-state index in [2.05, 4.69) is 10.5 Å². The maximum absolute atomic E-state index is 13.4. The van der Waals surface area contributed by atoms with Gasteiger partial charge in [-0.25, -0.2) is 4.39 Å². The second-order valence-corrected chi connectivity index (χ2v) is 6.05. The molecule has 130 valence electrons. The summed E-state index contributed by atoms with van der Waals surface area (Å²) in [4.78, 5) is 12.3. The Morgan fingerprint density at radius 1 is 1.32 bits per heavy atom. The van der Waals surface area contributed by atoms with Crippen molar-refractivity contribution in [1.82, 2.24) is 10.5 Å². The monoisotopic (exact) mass is 361 g/mol. The quantitative estimate of drug-likeness (QED) is 0.751. The highest BCUT2D eigenvalue weighted by Gasteiger charge is 2.30. The van der Waals surface area contributed by atoms with Crippen LogP contribution in [0.25, 0.3) is 11.0 Å². The van der Waals surface area contributed by atoms with Crippen molar-refractivity contribution >= 4 is 29.3 Å². The minimum Gasteiger partial charge on any atom is -0.356 e. The molecule has 0 saturated heterocycles. The summed E-state index contributed by atoms with van der Waals surface area (Å²) >= 11 is 0. The molecule has 2 atom stereocenters. The first-order valence-electron chi connectivity index (χ1n) is 7.78. The third-order valence-corrected chi connectivity index (χ3v) is 4.47. The molecule has 0 aliphatic heterocycles. The minimum absolute atomic E-state index is 0. The molecule has 0 unspecified atom stereocenters. The van der Waals surface area contributed by atoms with E-state index in [-0.39, 0.29) is 42.6 Å². The van der Waals surface area contributed by atoms with E-state index in [1.54, 1.807) is 0 Å². The molecule has 1 aliphatic rings. The molecule has 5 nitrogen and oxygen atoms in total. The average molecular weight is 362 g/mol. The van der Waals surface area contributed by atoms with Crippen LogP contribution >= 0.6 is 12.4 Å². The molecule has 1 heterocycles. The maximum atomic E-state index is 13.4. The highest BCUT2D eigenvalue weighted by Crippen LogP contribution is 2.29. The number of carbonyl (C=O) groups excluding carboxylic acids is 1. The number of benzene rings is 2. The number of hydrogen-bond donors (Lipinski definition) is 2. The molecule has 3 N–H and O–H groups in total. The molecular formula is C18H17ClFN3O2. The highest BCUT2D eigenvalue weighted by molar-refractivity contribution is 5.86. The lowest BCUT2D eigenvalue weighted by atomic mass is 10.1. The Bertz CT molecular complexity index is 928. The van der Waals surface area contributed by atoms with Gasteiger partial charge in [-0.15, -0.1) is 12.4 Å². The number of hydrogen-bond acceptors (Lipinski definition) is 4. The van der Waals surface area contributed by atoms with Crippen LogP contribution in [-0.2, 0) is 17.6 Å². The number of nitrogens with one attached hydrogen (secondary N) is 1. The molecule has 3 aromatic rings. The molecule has 0 bridgehead atoms. The van der Waals surface area contributed by atoms with E-state index < -0.39 is 0 Å². The number of aromatic nitrogens is 1. The first-order valence-corrected chi connectivity index (χ1v) is 7.78. The number of nitrogens with two attached hydrogens (primary N) is 1. The number of rotatable bonds is 3. The lowest BCUT2D eigenvalue weighted by Crippen LogP contribution is -2.41. The molecule has 7 heteroatoms. The Kier molecular flexibility index (Phi) is 4.74. The van der Waals surface area contributed by atoms with Gasteiger partial charge in [0.1, 0.15) is 11.5 Å². The fourth-order valence-electron chi connectivity index (χ4n) is 3.26. The predicted octanol–water partition coefficient (Wildman–Crippen LogP) is 2.67. The van der Waals surface area contributed by atoms with Crippen molar-refractivity contribution in [2.75, 3.05) is 0 Å². The van der Waals surface area contributed by atoms with Crippen LogP contribution in [0.5, 0.6) is 0 Å². The van der Waals surface area contributed by atoms with Gasteiger partial charge < -0.3 is 15.6 Å². The second kappa shape index (κ2) is 6.82. The normalized spacial score (nSPS) is 18.6. The van der Waals surface area contributed by atoms with Crippen molar-refractivity contribution in [2.24, 2.45) is 5.73 Å². The van der Waals surface area contributed by atoms with Crippen LogP contribution in [0.3, 0.4) is 0 Å². The van der Waals surface area contributed by atoms with Crippen LogP contribution in [0.2, 0.25) is 0 Å². The molecule has 2 aromatic carbocycles. The molecule has 0 fully saturated rings. The fourth-order valence-corrected chi connectivity index (χ4v) is 3.26. The Labute approximate surface area is 149 Å². The van der Waals surface area contributed by atoms with Gasteiger partial charge in [-0.2, -0.15) is 0 Å². The van der Waals surface area contributed by atoms with Gasteiger partial charge in [0.25, 0.3) is 0 Å². The van der Waals surface area contributed by atoms with Crippen LogP contribution in [0, 0.1) is 5.82 Å². The standard InChI is InChI=1S/C18H16FN3O2.ClH/c19-11-5-6-16-13(8-11)14(22-24-16)9-17(23)21-15-7-10-3-1-2-4-12(10)18(15)20;/h1-6,8,15,18H,7,9,20H2,(H,21,23);1H/t15-,18-;/m1./s1. The molecule has 25 heavy (non-hydrogen) atoms. The van der Waals surface area contributed by atoms with E-state index in [1.165, 1.54) is 18.2 Å². The van der Waals surface area contributed by atoms with Crippen LogP contribution < -0.4 is 11.1 Å². The molecule has 1 amide bonds. The van der Waals surface area contributed by atoms with Gasteiger partial charge >= 0.3 is 0 Å². The van der Waals surface area contributed by atoms with Crippen molar-refractivity contribution in [3.05, 3.63) is 65.1 Å². The van der Waals surface area contributed by atoms with Gasteiger partial charge in [0, 0.05) is 5.39 Å². The largest absolute Gasteiger partial charge is 0.356 e. The predicted molar refractivity (Wildman–Crippen MR) is 93.9 cm³/mol. The van der Waals surface area contributed by atoms with Crippen molar-refractivity contribution in [3.63, 3.8) is 0 Å². The Morgan fingerprint density at radius 3 is 2.92 bits per heavy atom. The summed E-state index contributed by atoms with van der Waals surface area (Å²) in [5, 5.41) is 7.35. The smallest absolute Gasteiger partial charge is 0.226 e. The number of nitrogens with zero attached hydrogens (tertiary/aromatic N) is 1. The van der Waals surface area contributed by atoms with E-state index in [0.717, 1.165) is 11.1 Å². The SMILES string of the molecule is Cl.N[C@@H]1c2ccccc2C[C@H]1NC(=O)Cc1noc2ccc(F)cc12. The van der Waals surface area contributed by atoms with E-state index in [4.69, 9.17) is 10.3 Å². The summed E-state index contributed by atoms with van der Waals surface area (Å²) in [5.41, 5.74) is 9.33. The molecule has 0 saturated carbocycles. The van der Waals surface area contributed by atoms with E-state index in [1.807, 2.05) is 24.3 Å². The van der Waals surface area contributed by atoms with Crippen LogP contribution in [0.4, 0.5) is 4.39 Å². The molecular weight excluding hydrogens is 345 g/mol. The lowest BCUT2D eigenvalue weighted by Gasteiger charge is -2.17. The van der Waals surface area contributed by atoms with E-state index in [9.17, 15) is 9.18 Å². The van der Waals surface area contributed by atoms with Gasteiger partial charge in [-0.1, -0.05) is 29.4 Å². The molecule has 1 aliphatic carbocycles. The molecule has 1 aromatic heterocycles. The average Bonchev–Trinajstić information content (AvgIpc) is 3.10. The third-order valence-electron chi connectivity index (χ3n) is 4.47. The summed E-state index contributed by atoms with van der Waals surface area (Å²) in [6.45, 7) is 0.